The topological polar surface area (TPSA) is 45.5 Å². The van der Waals surface area contributed by atoms with Crippen molar-refractivity contribution in [3.05, 3.63) is 71.8 Å². The second-order valence-corrected chi connectivity index (χ2v) is 5.46. The zero-order valence-corrected chi connectivity index (χ0v) is 12.5. The van der Waals surface area contributed by atoms with Crippen LogP contribution in [0.4, 0.5) is 0 Å². The number of hydrogen-bond donors (Lipinski definition) is 1. The molecule has 1 amide bonds. The van der Waals surface area contributed by atoms with E-state index in [-0.39, 0.29) is 5.91 Å². The van der Waals surface area contributed by atoms with Gasteiger partial charge in [-0.25, -0.2) is 0 Å². The van der Waals surface area contributed by atoms with Crippen molar-refractivity contribution in [1.82, 2.24) is 10.2 Å². The number of carbonyl (C=O) groups excluding carboxylic acids is 1. The van der Waals surface area contributed by atoms with Crippen LogP contribution in [0.1, 0.15) is 22.5 Å². The van der Waals surface area contributed by atoms with Gasteiger partial charge in [0.1, 0.15) is 0 Å². The van der Waals surface area contributed by atoms with Crippen molar-refractivity contribution in [2.24, 2.45) is 0 Å². The number of carbonyl (C=O) groups is 1. The lowest BCUT2D eigenvalue weighted by Gasteiger charge is -2.27. The van der Waals surface area contributed by atoms with Gasteiger partial charge in [0.2, 0.25) is 0 Å². The van der Waals surface area contributed by atoms with E-state index >= 15 is 0 Å². The summed E-state index contributed by atoms with van der Waals surface area (Å²) in [4.78, 5) is 14.4. The van der Waals surface area contributed by atoms with Crippen LogP contribution in [-0.4, -0.2) is 30.4 Å². The van der Waals surface area contributed by atoms with Gasteiger partial charge < -0.3 is 9.73 Å². The van der Waals surface area contributed by atoms with Crippen LogP contribution in [0.15, 0.2) is 64.9 Å². The average Bonchev–Trinajstić information content (AvgIpc) is 3.09. The molecule has 2 heterocycles. The lowest BCUT2D eigenvalue weighted by atomic mass is 10.1. The Balaban J connectivity index is 1.51. The van der Waals surface area contributed by atoms with Gasteiger partial charge >= 0.3 is 0 Å². The van der Waals surface area contributed by atoms with Gasteiger partial charge in [-0.1, -0.05) is 36.4 Å². The first kappa shape index (κ1) is 14.6. The van der Waals surface area contributed by atoms with Gasteiger partial charge in [-0.3, -0.25) is 9.69 Å². The van der Waals surface area contributed by atoms with Gasteiger partial charge in [-0.05, 0) is 30.5 Å². The molecule has 2 aromatic rings. The van der Waals surface area contributed by atoms with Crippen LogP contribution in [-0.2, 0) is 6.42 Å². The van der Waals surface area contributed by atoms with Gasteiger partial charge in [-0.15, -0.1) is 0 Å². The molecule has 22 heavy (non-hydrogen) atoms. The van der Waals surface area contributed by atoms with Gasteiger partial charge in [0.05, 0.1) is 6.26 Å². The predicted octanol–water partition coefficient (Wildman–Crippen LogP) is 2.84. The molecule has 1 aliphatic heterocycles. The fraction of sp³-hybridized carbons (Fsp3) is 0.278. The van der Waals surface area contributed by atoms with Gasteiger partial charge in [0.15, 0.2) is 5.76 Å². The van der Waals surface area contributed by atoms with Gasteiger partial charge in [-0.2, -0.15) is 0 Å². The number of rotatable bonds is 5. The number of nitrogens with one attached hydrogen (secondary N) is 1. The normalized spacial score (nSPS) is 15.4. The monoisotopic (exact) mass is 296 g/mol. The highest BCUT2D eigenvalue weighted by Crippen LogP contribution is 2.10. The molecule has 3 rings (SSSR count). The Bertz CT molecular complexity index is 632. The van der Waals surface area contributed by atoms with E-state index in [2.05, 4.69) is 40.6 Å². The maximum absolute atomic E-state index is 12.0. The Morgan fingerprint density at radius 2 is 2.05 bits per heavy atom. The standard InChI is InChI=1S/C18H20N2O2/c21-18(17-9-5-13-22-17)19-16-8-4-11-20(14-16)12-10-15-6-2-1-3-7-15/h1-3,5-9,13H,4,10-12,14H2,(H,19,21). The van der Waals surface area contributed by atoms with E-state index in [9.17, 15) is 4.79 Å². The lowest BCUT2D eigenvalue weighted by molar-refractivity contribution is 0.0933. The molecule has 0 atom stereocenters. The third-order valence-corrected chi connectivity index (χ3v) is 3.81. The van der Waals surface area contributed by atoms with Crippen molar-refractivity contribution in [3.63, 3.8) is 0 Å². The molecule has 1 N–H and O–H groups in total. The van der Waals surface area contributed by atoms with Crippen LogP contribution < -0.4 is 5.32 Å². The summed E-state index contributed by atoms with van der Waals surface area (Å²) in [6, 6.07) is 13.9. The van der Waals surface area contributed by atoms with E-state index in [1.807, 2.05) is 6.07 Å². The fourth-order valence-electron chi connectivity index (χ4n) is 2.63. The molecule has 1 aromatic heterocycles. The highest BCUT2D eigenvalue weighted by molar-refractivity contribution is 5.92. The van der Waals surface area contributed by atoms with Crippen LogP contribution in [0.2, 0.25) is 0 Å². The van der Waals surface area contributed by atoms with Crippen LogP contribution >= 0.6 is 0 Å². The first-order valence-electron chi connectivity index (χ1n) is 7.61. The summed E-state index contributed by atoms with van der Waals surface area (Å²) in [5.41, 5.74) is 2.30. The number of nitrogens with zero attached hydrogens (tertiary/aromatic N) is 1. The summed E-state index contributed by atoms with van der Waals surface area (Å²) in [6.07, 6.45) is 5.60. The number of amides is 1. The van der Waals surface area contributed by atoms with Gasteiger partial charge in [0.25, 0.3) is 5.91 Å². The van der Waals surface area contributed by atoms with E-state index in [4.69, 9.17) is 4.42 Å². The summed E-state index contributed by atoms with van der Waals surface area (Å²) in [6.45, 7) is 2.81. The molecule has 4 nitrogen and oxygen atoms in total. The quantitative estimate of drug-likeness (QED) is 0.923. The van der Waals surface area contributed by atoms with Crippen LogP contribution in [0.5, 0.6) is 0 Å². The average molecular weight is 296 g/mol. The van der Waals surface area contributed by atoms with Crippen molar-refractivity contribution in [1.29, 1.82) is 0 Å². The molecular weight excluding hydrogens is 276 g/mol. The molecule has 1 aliphatic rings. The molecule has 0 bridgehead atoms. The zero-order valence-electron chi connectivity index (χ0n) is 12.5. The molecular formula is C18H20N2O2. The summed E-state index contributed by atoms with van der Waals surface area (Å²) in [5.74, 6) is 0.170. The predicted molar refractivity (Wildman–Crippen MR) is 85.5 cm³/mol. The highest BCUT2D eigenvalue weighted by atomic mass is 16.3. The Hall–Kier alpha value is -2.33. The Kier molecular flexibility index (Phi) is 4.71. The molecule has 0 aliphatic carbocycles. The minimum absolute atomic E-state index is 0.179. The summed E-state index contributed by atoms with van der Waals surface area (Å²) < 4.78 is 5.12. The first-order valence-corrected chi connectivity index (χ1v) is 7.61. The maximum Gasteiger partial charge on any atom is 0.291 e. The third kappa shape index (κ3) is 3.86. The maximum atomic E-state index is 12.0. The Morgan fingerprint density at radius 3 is 2.82 bits per heavy atom. The highest BCUT2D eigenvalue weighted by Gasteiger charge is 2.16. The van der Waals surface area contributed by atoms with E-state index in [0.29, 0.717) is 5.76 Å². The van der Waals surface area contributed by atoms with Crippen LogP contribution in [0.3, 0.4) is 0 Å². The molecule has 1 aromatic carbocycles. The fourth-order valence-corrected chi connectivity index (χ4v) is 2.63. The van der Waals surface area contributed by atoms with Crippen molar-refractivity contribution in [2.45, 2.75) is 12.8 Å². The molecule has 0 saturated carbocycles. The zero-order chi connectivity index (χ0) is 15.2. The number of benzene rings is 1. The molecule has 0 saturated heterocycles. The second-order valence-electron chi connectivity index (χ2n) is 5.46. The summed E-state index contributed by atoms with van der Waals surface area (Å²) in [7, 11) is 0. The Morgan fingerprint density at radius 1 is 1.18 bits per heavy atom. The minimum Gasteiger partial charge on any atom is -0.459 e. The first-order chi connectivity index (χ1) is 10.8. The Labute approximate surface area is 130 Å². The van der Waals surface area contributed by atoms with E-state index in [0.717, 1.165) is 38.2 Å². The van der Waals surface area contributed by atoms with Crippen molar-refractivity contribution in [2.75, 3.05) is 19.6 Å². The van der Waals surface area contributed by atoms with E-state index in [1.165, 1.54) is 11.8 Å². The summed E-state index contributed by atoms with van der Waals surface area (Å²) in [5, 5.41) is 2.94. The van der Waals surface area contributed by atoms with Crippen LogP contribution in [0, 0.1) is 0 Å². The van der Waals surface area contributed by atoms with E-state index < -0.39 is 0 Å². The molecule has 0 unspecified atom stereocenters. The lowest BCUT2D eigenvalue weighted by Crippen LogP contribution is -2.37. The van der Waals surface area contributed by atoms with Crippen molar-refractivity contribution in [3.8, 4) is 0 Å². The van der Waals surface area contributed by atoms with Gasteiger partial charge in [0, 0.05) is 25.3 Å². The smallest absolute Gasteiger partial charge is 0.291 e. The molecule has 0 radical (unpaired) electrons. The number of hydrogen-bond acceptors (Lipinski definition) is 3. The summed E-state index contributed by atoms with van der Waals surface area (Å²) >= 11 is 0. The van der Waals surface area contributed by atoms with Crippen molar-refractivity contribution < 1.29 is 9.21 Å². The molecule has 114 valence electrons. The number of furan rings is 1. The van der Waals surface area contributed by atoms with Crippen molar-refractivity contribution >= 4 is 5.91 Å². The molecule has 4 heteroatoms. The molecule has 0 fully saturated rings. The largest absolute Gasteiger partial charge is 0.459 e. The second kappa shape index (κ2) is 7.09. The van der Waals surface area contributed by atoms with Crippen LogP contribution in [0.25, 0.3) is 0 Å². The third-order valence-electron chi connectivity index (χ3n) is 3.81. The molecule has 0 spiro atoms. The minimum atomic E-state index is -0.179. The van der Waals surface area contributed by atoms with E-state index in [1.54, 1.807) is 12.1 Å². The SMILES string of the molecule is O=C(NC1=CCCN(CCc2ccccc2)C1)c1ccco1.